The predicted molar refractivity (Wildman–Crippen MR) is 143 cm³/mol. The molecule has 14 heteroatoms. The predicted octanol–water partition coefficient (Wildman–Crippen LogP) is 3.68. The summed E-state index contributed by atoms with van der Waals surface area (Å²) in [6.07, 6.45) is 0. The Balaban J connectivity index is 1.52. The third-order valence-corrected chi connectivity index (χ3v) is 6.94. The van der Waals surface area contributed by atoms with E-state index in [2.05, 4.69) is 20.7 Å². The molecule has 3 aromatic carbocycles. The fourth-order valence-electron chi connectivity index (χ4n) is 4.17. The van der Waals surface area contributed by atoms with Crippen LogP contribution >= 0.6 is 0 Å². The number of sulfonamides is 1. The molecule has 1 amide bonds. The molecule has 5 rings (SSSR count). The van der Waals surface area contributed by atoms with Gasteiger partial charge in [0.1, 0.15) is 5.82 Å². The molecule has 0 aliphatic heterocycles. The van der Waals surface area contributed by atoms with Crippen LogP contribution in [0.1, 0.15) is 27.9 Å². The summed E-state index contributed by atoms with van der Waals surface area (Å²) in [5.74, 6) is -2.34. The van der Waals surface area contributed by atoms with E-state index < -0.39 is 27.7 Å². The first-order chi connectivity index (χ1) is 19.1. The van der Waals surface area contributed by atoms with Crippen molar-refractivity contribution in [1.82, 2.24) is 15.4 Å². The van der Waals surface area contributed by atoms with Crippen molar-refractivity contribution in [2.45, 2.75) is 11.8 Å². The molecule has 40 heavy (non-hydrogen) atoms. The number of anilines is 2. The summed E-state index contributed by atoms with van der Waals surface area (Å²) in [5, 5.41) is 18.4. The number of hydrogen-bond acceptors (Lipinski definition) is 9. The van der Waals surface area contributed by atoms with Crippen molar-refractivity contribution in [2.24, 2.45) is 5.14 Å². The number of halogens is 1. The van der Waals surface area contributed by atoms with Crippen LogP contribution in [0.5, 0.6) is 0 Å². The van der Waals surface area contributed by atoms with Crippen LogP contribution in [0.2, 0.25) is 0 Å². The number of ether oxygens (including phenoxy) is 1. The summed E-state index contributed by atoms with van der Waals surface area (Å²) in [6, 6.07) is 14.4. The van der Waals surface area contributed by atoms with E-state index in [1.807, 2.05) is 0 Å². The second-order valence-electron chi connectivity index (χ2n) is 8.51. The van der Waals surface area contributed by atoms with Gasteiger partial charge in [0.05, 0.1) is 22.6 Å². The summed E-state index contributed by atoms with van der Waals surface area (Å²) in [7, 11) is -4.07. The average Bonchev–Trinajstić information content (AvgIpc) is 3.53. The van der Waals surface area contributed by atoms with Crippen LogP contribution in [0.3, 0.4) is 0 Å². The summed E-state index contributed by atoms with van der Waals surface area (Å²) in [4.78, 5) is 25.8. The molecule has 6 N–H and O–H groups in total. The fraction of sp³-hybridized carbons (Fsp3) is 0.0769. The Bertz CT molecular complexity index is 1900. The molecular formula is C26H21FN6O6S. The van der Waals surface area contributed by atoms with Crippen molar-refractivity contribution in [3.8, 4) is 22.3 Å². The molecule has 2 heterocycles. The molecule has 5 aromatic rings. The Morgan fingerprint density at radius 2 is 1.85 bits per heavy atom. The number of aromatic nitrogens is 3. The molecule has 0 radical (unpaired) electrons. The van der Waals surface area contributed by atoms with Gasteiger partial charge < -0.3 is 20.3 Å². The van der Waals surface area contributed by atoms with Gasteiger partial charge in [0.15, 0.2) is 22.8 Å². The zero-order chi connectivity index (χ0) is 28.6. The van der Waals surface area contributed by atoms with Crippen LogP contribution in [0.25, 0.3) is 33.2 Å². The number of esters is 1. The third kappa shape index (κ3) is 4.88. The quantitative estimate of drug-likeness (QED) is 0.213. The average molecular weight is 565 g/mol. The second kappa shape index (κ2) is 10.2. The number of nitrogens with one attached hydrogen (secondary N) is 2. The fourth-order valence-corrected chi connectivity index (χ4v) is 4.93. The van der Waals surface area contributed by atoms with Gasteiger partial charge in [-0.1, -0.05) is 35.5 Å². The highest BCUT2D eigenvalue weighted by Crippen LogP contribution is 2.33. The minimum atomic E-state index is -4.07. The number of nitrogens with zero attached hydrogens (tertiary/aromatic N) is 2. The number of fused-ring (bicyclic) bond motifs is 1. The van der Waals surface area contributed by atoms with E-state index in [0.29, 0.717) is 16.5 Å². The molecule has 0 aliphatic rings. The van der Waals surface area contributed by atoms with Gasteiger partial charge in [0.2, 0.25) is 10.0 Å². The molecule has 2 aromatic heterocycles. The highest BCUT2D eigenvalue weighted by atomic mass is 32.2. The molecule has 0 fully saturated rings. The number of nitrogens with two attached hydrogens (primary N) is 2. The topological polar surface area (TPSA) is 196 Å². The smallest absolute Gasteiger partial charge is 0.357 e. The Labute approximate surface area is 226 Å². The number of amides is 1. The van der Waals surface area contributed by atoms with Gasteiger partial charge in [-0.2, -0.15) is 5.10 Å². The van der Waals surface area contributed by atoms with Crippen molar-refractivity contribution in [1.29, 1.82) is 0 Å². The summed E-state index contributed by atoms with van der Waals surface area (Å²) < 4.78 is 49.3. The number of benzene rings is 3. The minimum absolute atomic E-state index is 0.0720. The number of carbonyl (C=O) groups excluding carboxylic acids is 2. The number of carbonyl (C=O) groups is 2. The van der Waals surface area contributed by atoms with E-state index in [1.165, 1.54) is 30.3 Å². The van der Waals surface area contributed by atoms with E-state index in [-0.39, 0.29) is 51.1 Å². The monoisotopic (exact) mass is 564 g/mol. The molecule has 0 atom stereocenters. The van der Waals surface area contributed by atoms with Gasteiger partial charge >= 0.3 is 5.97 Å². The maximum absolute atomic E-state index is 15.2. The summed E-state index contributed by atoms with van der Waals surface area (Å²) >= 11 is 0. The first kappa shape index (κ1) is 26.5. The molecule has 0 saturated heterocycles. The third-order valence-electron chi connectivity index (χ3n) is 5.97. The first-order valence-corrected chi connectivity index (χ1v) is 13.3. The summed E-state index contributed by atoms with van der Waals surface area (Å²) in [5.41, 5.74) is 6.61. The highest BCUT2D eigenvalue weighted by molar-refractivity contribution is 7.89. The van der Waals surface area contributed by atoms with Gasteiger partial charge in [-0.15, -0.1) is 0 Å². The lowest BCUT2D eigenvalue weighted by molar-refractivity contribution is 0.0520. The molecule has 0 unspecified atom stereocenters. The lowest BCUT2D eigenvalue weighted by atomic mass is 10.0. The normalized spacial score (nSPS) is 11.5. The van der Waals surface area contributed by atoms with Crippen molar-refractivity contribution in [2.75, 3.05) is 17.7 Å². The van der Waals surface area contributed by atoms with Crippen LogP contribution in [0.15, 0.2) is 70.1 Å². The number of primary sulfonamides is 1. The Morgan fingerprint density at radius 1 is 1.10 bits per heavy atom. The van der Waals surface area contributed by atoms with Gasteiger partial charge in [0.25, 0.3) is 5.91 Å². The molecule has 0 saturated carbocycles. The first-order valence-electron chi connectivity index (χ1n) is 11.7. The highest BCUT2D eigenvalue weighted by Gasteiger charge is 2.27. The molecule has 12 nitrogen and oxygen atoms in total. The zero-order valence-electron chi connectivity index (χ0n) is 20.8. The molecule has 204 valence electrons. The van der Waals surface area contributed by atoms with E-state index in [1.54, 1.807) is 31.2 Å². The van der Waals surface area contributed by atoms with Crippen molar-refractivity contribution in [3.05, 3.63) is 77.9 Å². The molecular weight excluding hydrogens is 543 g/mol. The number of hydrogen-bond donors (Lipinski definition) is 4. The summed E-state index contributed by atoms with van der Waals surface area (Å²) in [6.45, 7) is 1.70. The van der Waals surface area contributed by atoms with E-state index >= 15 is 4.39 Å². The molecule has 0 aliphatic carbocycles. The van der Waals surface area contributed by atoms with Crippen LogP contribution in [0, 0.1) is 5.82 Å². The van der Waals surface area contributed by atoms with Crippen LogP contribution in [0.4, 0.5) is 15.9 Å². The number of nitrogen functional groups attached to an aromatic ring is 1. The lowest BCUT2D eigenvalue weighted by Crippen LogP contribution is -2.15. The van der Waals surface area contributed by atoms with E-state index in [0.717, 1.165) is 6.07 Å². The van der Waals surface area contributed by atoms with Crippen LogP contribution in [-0.4, -0.2) is 42.3 Å². The van der Waals surface area contributed by atoms with E-state index in [4.69, 9.17) is 20.1 Å². The number of H-pyrrole nitrogens is 1. The van der Waals surface area contributed by atoms with Crippen molar-refractivity contribution < 1.29 is 31.7 Å². The van der Waals surface area contributed by atoms with Gasteiger partial charge in [-0.05, 0) is 48.4 Å². The van der Waals surface area contributed by atoms with E-state index in [9.17, 15) is 18.0 Å². The second-order valence-corrected chi connectivity index (χ2v) is 10.0. The maximum atomic E-state index is 15.2. The largest absolute Gasteiger partial charge is 0.461 e. The molecule has 0 bridgehead atoms. The Hall–Kier alpha value is -5.08. The maximum Gasteiger partial charge on any atom is 0.357 e. The van der Waals surface area contributed by atoms with Crippen LogP contribution in [-0.2, 0) is 14.8 Å². The van der Waals surface area contributed by atoms with Crippen molar-refractivity contribution in [3.63, 3.8) is 0 Å². The number of rotatable bonds is 7. The van der Waals surface area contributed by atoms with Gasteiger partial charge in [-0.3, -0.25) is 9.89 Å². The molecule has 0 spiro atoms. The van der Waals surface area contributed by atoms with Crippen molar-refractivity contribution >= 4 is 44.4 Å². The van der Waals surface area contributed by atoms with Gasteiger partial charge in [-0.25, -0.2) is 22.7 Å². The SMILES string of the molecule is CCOC(=O)c1[nH]nc(C(=O)Nc2ccc(-c3ccccc3S(N)(=O)=O)cc2F)c1-c1ccc2onc(N)c2c1. The van der Waals surface area contributed by atoms with Crippen LogP contribution < -0.4 is 16.2 Å². The number of aromatic amines is 1. The Kier molecular flexibility index (Phi) is 6.79. The minimum Gasteiger partial charge on any atom is -0.461 e. The standard InChI is InChI=1S/C26H21FN6O6S/c1-2-38-26(35)23-21(14-8-10-19-16(11-14)24(28)33-39-19)22(31-32-23)25(34)30-18-9-7-13(12-17(18)27)15-5-3-4-6-20(15)40(29,36)37/h3-12H,2H2,1H3,(H2,28,33)(H,30,34)(H,31,32)(H2,29,36,37). The van der Waals surface area contributed by atoms with Gasteiger partial charge in [0, 0.05) is 11.1 Å². The lowest BCUT2D eigenvalue weighted by Gasteiger charge is -2.11. The Morgan fingerprint density at radius 3 is 2.58 bits per heavy atom. The zero-order valence-corrected chi connectivity index (χ0v) is 21.6.